The van der Waals surface area contributed by atoms with Crippen LogP contribution >= 0.6 is 0 Å². The molecule has 24 heavy (non-hydrogen) atoms. The highest BCUT2D eigenvalue weighted by Crippen LogP contribution is 2.38. The quantitative estimate of drug-likeness (QED) is 0.878. The van der Waals surface area contributed by atoms with Crippen molar-refractivity contribution in [3.63, 3.8) is 0 Å². The van der Waals surface area contributed by atoms with Crippen LogP contribution in [0, 0.1) is 12.8 Å². The van der Waals surface area contributed by atoms with Gasteiger partial charge in [-0.1, -0.05) is 12.1 Å². The second-order valence-electron chi connectivity index (χ2n) is 6.14. The number of aliphatic hydroxyl groups excluding tert-OH is 1. The minimum absolute atomic E-state index is 0.183. The lowest BCUT2D eigenvalue weighted by atomic mass is 9.75. The van der Waals surface area contributed by atoms with E-state index < -0.39 is 0 Å². The molecule has 2 N–H and O–H groups in total. The highest BCUT2D eigenvalue weighted by Gasteiger charge is 2.36. The normalized spacial score (nSPS) is 20.8. The average Bonchev–Trinajstić information content (AvgIpc) is 2.57. The lowest BCUT2D eigenvalue weighted by molar-refractivity contribution is 0.0234. The van der Waals surface area contributed by atoms with Crippen molar-refractivity contribution in [1.29, 1.82) is 0 Å². The number of hydrogen-bond donors (Lipinski definition) is 2. The van der Waals surface area contributed by atoms with Crippen LogP contribution in [0.2, 0.25) is 0 Å². The molecule has 2 heterocycles. The van der Waals surface area contributed by atoms with Gasteiger partial charge in [0.1, 0.15) is 5.69 Å². The molecule has 1 atom stereocenters. The summed E-state index contributed by atoms with van der Waals surface area (Å²) in [5.74, 6) is 0.497. The molecule has 1 fully saturated rings. The van der Waals surface area contributed by atoms with Crippen LogP contribution < -0.4 is 10.1 Å². The van der Waals surface area contributed by atoms with Crippen LogP contribution in [0.4, 0.5) is 0 Å². The minimum atomic E-state index is -0.294. The smallest absolute Gasteiger partial charge is 0.270 e. The largest absolute Gasteiger partial charge is 0.481 e. The number of amides is 1. The van der Waals surface area contributed by atoms with E-state index in [0.29, 0.717) is 24.4 Å². The fourth-order valence-corrected chi connectivity index (χ4v) is 3.00. The first-order chi connectivity index (χ1) is 11.6. The van der Waals surface area contributed by atoms with Crippen LogP contribution in [0.5, 0.6) is 5.88 Å². The molecule has 3 rings (SSSR count). The first-order valence-electron chi connectivity index (χ1n) is 7.99. The number of aromatic nitrogens is 2. The van der Waals surface area contributed by atoms with E-state index in [2.05, 4.69) is 15.3 Å². The van der Waals surface area contributed by atoms with Gasteiger partial charge in [-0.25, -0.2) is 4.98 Å². The molecule has 0 aromatic carbocycles. The number of aryl methyl sites for hydroxylation is 1. The number of carbonyl (C=O) groups is 1. The number of nitrogens with zero attached hydrogens (tertiary/aromatic N) is 2. The van der Waals surface area contributed by atoms with Crippen molar-refractivity contribution >= 4 is 5.91 Å². The van der Waals surface area contributed by atoms with E-state index in [4.69, 9.17) is 4.74 Å². The van der Waals surface area contributed by atoms with Crippen LogP contribution in [0.1, 0.15) is 40.5 Å². The number of pyridine rings is 2. The number of ether oxygens (including phenoxy) is 1. The molecule has 6 nitrogen and oxygen atoms in total. The predicted molar refractivity (Wildman–Crippen MR) is 88.7 cm³/mol. The Hall–Kier alpha value is -2.47. The molecule has 0 spiro atoms. The van der Waals surface area contributed by atoms with Gasteiger partial charge in [-0.3, -0.25) is 9.78 Å². The molecule has 1 amide bonds. The van der Waals surface area contributed by atoms with Crippen LogP contribution in [0.3, 0.4) is 0 Å². The van der Waals surface area contributed by atoms with Crippen molar-refractivity contribution in [3.05, 3.63) is 53.5 Å². The fraction of sp³-hybridized carbons (Fsp3) is 0.389. The standard InChI is InChI=1S/C18H21N3O3/c1-11-4-3-7-19-16(11)18(23)21-17(13-8-14(22)9-13)12-5-6-15(24-2)20-10-12/h3-7,10,13-14,17,22H,8-9H2,1-2H3,(H,21,23)/t13?,14?,17-/m1/s1. The molecule has 6 heteroatoms. The highest BCUT2D eigenvalue weighted by molar-refractivity contribution is 5.93. The zero-order valence-electron chi connectivity index (χ0n) is 13.8. The molecule has 2 aromatic rings. The highest BCUT2D eigenvalue weighted by atomic mass is 16.5. The molecule has 0 saturated heterocycles. The third-order valence-corrected chi connectivity index (χ3v) is 4.46. The monoisotopic (exact) mass is 327 g/mol. The summed E-state index contributed by atoms with van der Waals surface area (Å²) < 4.78 is 5.08. The summed E-state index contributed by atoms with van der Waals surface area (Å²) in [6, 6.07) is 7.13. The topological polar surface area (TPSA) is 84.3 Å². The van der Waals surface area contributed by atoms with E-state index in [1.807, 2.05) is 19.1 Å². The SMILES string of the molecule is COc1ccc([C@@H](NC(=O)c2ncccc2C)C2CC(O)C2)cn1. The van der Waals surface area contributed by atoms with Gasteiger partial charge >= 0.3 is 0 Å². The minimum Gasteiger partial charge on any atom is -0.481 e. The molecule has 1 aliphatic rings. The molecule has 0 radical (unpaired) electrons. The second kappa shape index (κ2) is 6.97. The maximum atomic E-state index is 12.6. The van der Waals surface area contributed by atoms with Crippen LogP contribution in [-0.4, -0.2) is 34.2 Å². The number of carbonyl (C=O) groups excluding carboxylic acids is 1. The molecule has 1 saturated carbocycles. The van der Waals surface area contributed by atoms with Crippen LogP contribution in [-0.2, 0) is 0 Å². The third-order valence-electron chi connectivity index (χ3n) is 4.46. The second-order valence-corrected chi connectivity index (χ2v) is 6.14. The number of hydrogen-bond acceptors (Lipinski definition) is 5. The summed E-state index contributed by atoms with van der Waals surface area (Å²) >= 11 is 0. The zero-order valence-corrected chi connectivity index (χ0v) is 13.8. The summed E-state index contributed by atoms with van der Waals surface area (Å²) in [5.41, 5.74) is 2.15. The summed E-state index contributed by atoms with van der Waals surface area (Å²) in [5, 5.41) is 12.7. The van der Waals surface area contributed by atoms with E-state index in [1.165, 1.54) is 0 Å². The van der Waals surface area contributed by atoms with Gasteiger partial charge in [-0.05, 0) is 42.9 Å². The van der Waals surface area contributed by atoms with E-state index in [-0.39, 0.29) is 24.0 Å². The van der Waals surface area contributed by atoms with E-state index in [1.54, 1.807) is 31.6 Å². The number of nitrogens with one attached hydrogen (secondary N) is 1. The summed E-state index contributed by atoms with van der Waals surface area (Å²) in [6.07, 6.45) is 4.35. The zero-order chi connectivity index (χ0) is 17.1. The molecule has 126 valence electrons. The summed E-state index contributed by atoms with van der Waals surface area (Å²) in [6.45, 7) is 1.86. The fourth-order valence-electron chi connectivity index (χ4n) is 3.00. The van der Waals surface area contributed by atoms with E-state index >= 15 is 0 Å². The van der Waals surface area contributed by atoms with Gasteiger partial charge in [0, 0.05) is 18.5 Å². The van der Waals surface area contributed by atoms with Gasteiger partial charge in [0.15, 0.2) is 0 Å². The van der Waals surface area contributed by atoms with Gasteiger partial charge in [-0.2, -0.15) is 0 Å². The number of aliphatic hydroxyl groups is 1. The van der Waals surface area contributed by atoms with Gasteiger partial charge in [0.05, 0.1) is 19.3 Å². The van der Waals surface area contributed by atoms with Crippen molar-refractivity contribution in [3.8, 4) is 5.88 Å². The molecule has 0 aliphatic heterocycles. The molecular formula is C18H21N3O3. The Labute approximate surface area is 140 Å². The Morgan fingerprint density at radius 1 is 1.33 bits per heavy atom. The van der Waals surface area contributed by atoms with Crippen LogP contribution in [0.15, 0.2) is 36.7 Å². The van der Waals surface area contributed by atoms with Gasteiger partial charge in [0.25, 0.3) is 5.91 Å². The lowest BCUT2D eigenvalue weighted by Crippen LogP contribution is -2.41. The first kappa shape index (κ1) is 16.4. The van der Waals surface area contributed by atoms with Crippen molar-refractivity contribution < 1.29 is 14.6 Å². The Balaban J connectivity index is 1.82. The maximum Gasteiger partial charge on any atom is 0.270 e. The van der Waals surface area contributed by atoms with E-state index in [9.17, 15) is 9.90 Å². The Kier molecular flexibility index (Phi) is 4.76. The third kappa shape index (κ3) is 3.38. The molecular weight excluding hydrogens is 306 g/mol. The summed E-state index contributed by atoms with van der Waals surface area (Å²) in [4.78, 5) is 21.0. The molecule has 1 aliphatic carbocycles. The lowest BCUT2D eigenvalue weighted by Gasteiger charge is -2.38. The van der Waals surface area contributed by atoms with Crippen LogP contribution in [0.25, 0.3) is 0 Å². The van der Waals surface area contributed by atoms with Crippen molar-refractivity contribution in [2.45, 2.75) is 31.9 Å². The predicted octanol–water partition coefficient (Wildman–Crippen LogP) is 2.04. The molecule has 0 bridgehead atoms. The Morgan fingerprint density at radius 3 is 2.71 bits per heavy atom. The average molecular weight is 327 g/mol. The summed E-state index contributed by atoms with van der Waals surface area (Å²) in [7, 11) is 1.56. The van der Waals surface area contributed by atoms with E-state index in [0.717, 1.165) is 11.1 Å². The van der Waals surface area contributed by atoms with Gasteiger partial charge in [-0.15, -0.1) is 0 Å². The number of rotatable bonds is 5. The van der Waals surface area contributed by atoms with Gasteiger partial charge in [0.2, 0.25) is 5.88 Å². The molecule has 2 aromatic heterocycles. The Bertz CT molecular complexity index is 712. The number of methoxy groups -OCH3 is 1. The molecule has 0 unspecified atom stereocenters. The van der Waals surface area contributed by atoms with Crippen molar-refractivity contribution in [2.24, 2.45) is 5.92 Å². The first-order valence-corrected chi connectivity index (χ1v) is 7.99. The van der Waals surface area contributed by atoms with Crippen molar-refractivity contribution in [2.75, 3.05) is 7.11 Å². The maximum absolute atomic E-state index is 12.6. The van der Waals surface area contributed by atoms with Crippen molar-refractivity contribution in [1.82, 2.24) is 15.3 Å². The Morgan fingerprint density at radius 2 is 2.12 bits per heavy atom. The van der Waals surface area contributed by atoms with Gasteiger partial charge < -0.3 is 15.2 Å².